The summed E-state index contributed by atoms with van der Waals surface area (Å²) in [4.78, 5) is 17.7. The first-order chi connectivity index (χ1) is 11.2. The van der Waals surface area contributed by atoms with Gasteiger partial charge in [-0.3, -0.25) is 4.52 Å². The van der Waals surface area contributed by atoms with Crippen LogP contribution in [-0.2, 0) is 29.9 Å². The smallest absolute Gasteiger partial charge is 0.319 e. The molecule has 0 saturated heterocycles. The molecule has 0 aromatic rings. The Labute approximate surface area is 161 Å². The minimum atomic E-state index is -4.49. The molecule has 0 spiro atoms. The Morgan fingerprint density at radius 3 is 1.64 bits per heavy atom. The van der Waals surface area contributed by atoms with E-state index in [4.69, 9.17) is 30.6 Å². The Hall–Kier alpha value is 1.03. The lowest BCUT2D eigenvalue weighted by Crippen LogP contribution is -2.16. The molecule has 0 aliphatic heterocycles. The molecule has 0 amide bonds. The molecule has 0 radical (unpaired) electrons. The summed E-state index contributed by atoms with van der Waals surface area (Å²) in [5, 5.41) is -0.254. The summed E-state index contributed by atoms with van der Waals surface area (Å²) in [6, 6.07) is 0. The third-order valence-corrected chi connectivity index (χ3v) is 9.15. The highest BCUT2D eigenvalue weighted by atomic mass is 32.9. The Morgan fingerprint density at radius 2 is 1.32 bits per heavy atom. The Kier molecular flexibility index (Phi) is 12.3. The molecule has 2 N–H and O–H groups in total. The largest absolute Gasteiger partial charge is 0.469 e. The van der Waals surface area contributed by atoms with Gasteiger partial charge in [0.15, 0.2) is 0 Å². The molecule has 0 aliphatic rings. The van der Waals surface area contributed by atoms with Crippen molar-refractivity contribution in [3.63, 3.8) is 0 Å². The van der Waals surface area contributed by atoms with E-state index in [1.54, 1.807) is 6.92 Å². The van der Waals surface area contributed by atoms with Gasteiger partial charge in [0.25, 0.3) is 0 Å². The van der Waals surface area contributed by atoms with Crippen LogP contribution < -0.4 is 0 Å². The van der Waals surface area contributed by atoms with Gasteiger partial charge < -0.3 is 18.8 Å². The highest BCUT2D eigenvalue weighted by Crippen LogP contribution is 2.65. The van der Waals surface area contributed by atoms with Crippen LogP contribution in [0.4, 0.5) is 0 Å². The van der Waals surface area contributed by atoms with E-state index in [9.17, 15) is 4.57 Å². The summed E-state index contributed by atoms with van der Waals surface area (Å²) >= 11 is 7.04. The summed E-state index contributed by atoms with van der Waals surface area (Å²) < 4.78 is 27.7. The van der Waals surface area contributed by atoms with Crippen molar-refractivity contribution in [1.29, 1.82) is 0 Å². The number of phosphoric acid groups is 1. The zero-order valence-electron chi connectivity index (χ0n) is 16.2. The lowest BCUT2D eigenvalue weighted by molar-refractivity contribution is 0.143. The fourth-order valence-corrected chi connectivity index (χ4v) is 9.56. The van der Waals surface area contributed by atoms with E-state index in [0.29, 0.717) is 11.8 Å². The summed E-state index contributed by atoms with van der Waals surface area (Å²) in [6.07, 6.45) is 1.65. The van der Waals surface area contributed by atoms with Crippen molar-refractivity contribution >= 4 is 36.7 Å². The zero-order chi connectivity index (χ0) is 19.8. The molecule has 0 aliphatic carbocycles. The number of rotatable bonds is 13. The Morgan fingerprint density at radius 1 is 0.920 bits per heavy atom. The van der Waals surface area contributed by atoms with Gasteiger partial charge in [0.2, 0.25) is 5.69 Å². The molecule has 6 nitrogen and oxygen atoms in total. The summed E-state index contributed by atoms with van der Waals surface area (Å²) in [6.45, 7) is 14.1. The fraction of sp³-hybridized carbons (Fsp3) is 1.00. The minimum absolute atomic E-state index is 0.0421. The van der Waals surface area contributed by atoms with E-state index >= 15 is 0 Å². The van der Waals surface area contributed by atoms with Crippen molar-refractivity contribution in [1.82, 2.24) is 0 Å². The second kappa shape index (κ2) is 11.8. The van der Waals surface area contributed by atoms with Crippen molar-refractivity contribution < 1.29 is 27.9 Å². The molecule has 0 bridgehead atoms. The van der Waals surface area contributed by atoms with E-state index in [-0.39, 0.29) is 24.1 Å². The summed E-state index contributed by atoms with van der Waals surface area (Å²) in [5.41, 5.74) is -2.67. The van der Waals surface area contributed by atoms with Crippen LogP contribution in [0.15, 0.2) is 0 Å². The first-order valence-corrected chi connectivity index (χ1v) is 14.2. The van der Waals surface area contributed by atoms with Crippen molar-refractivity contribution in [3.8, 4) is 0 Å². The first kappa shape index (κ1) is 26.0. The van der Waals surface area contributed by atoms with Crippen LogP contribution in [-0.4, -0.2) is 33.9 Å². The number of hydrogen-bond acceptors (Lipinski definition) is 6. The first-order valence-electron chi connectivity index (χ1n) is 8.57. The van der Waals surface area contributed by atoms with E-state index in [1.807, 2.05) is 13.8 Å². The summed E-state index contributed by atoms with van der Waals surface area (Å²) in [5.74, 6) is 0.957. The van der Waals surface area contributed by atoms with Crippen LogP contribution in [0.3, 0.4) is 0 Å². The monoisotopic (exact) mass is 436 g/mol. The van der Waals surface area contributed by atoms with Gasteiger partial charge in [0.05, 0.1) is 18.8 Å². The number of hydrogen-bond donors (Lipinski definition) is 2. The molecule has 3 atom stereocenters. The average molecular weight is 437 g/mol. The molecule has 0 heterocycles. The van der Waals surface area contributed by atoms with Crippen LogP contribution in [0.25, 0.3) is 0 Å². The minimum Gasteiger partial charge on any atom is -0.319 e. The second-order valence-corrected chi connectivity index (χ2v) is 15.0. The van der Waals surface area contributed by atoms with E-state index < -0.39 is 13.5 Å². The zero-order valence-corrected chi connectivity index (χ0v) is 19.7. The quantitative estimate of drug-likeness (QED) is 0.374. The van der Waals surface area contributed by atoms with Crippen molar-refractivity contribution in [2.45, 2.75) is 78.8 Å². The maximum atomic E-state index is 10.9. The fourth-order valence-electron chi connectivity index (χ4n) is 2.38. The predicted octanol–water partition coefficient (Wildman–Crippen LogP) is 5.34. The van der Waals surface area contributed by atoms with Gasteiger partial charge >= 0.3 is 7.82 Å². The van der Waals surface area contributed by atoms with Crippen LogP contribution in [0.5, 0.6) is 0 Å². The van der Waals surface area contributed by atoms with Crippen LogP contribution in [0, 0.1) is 11.8 Å². The third-order valence-electron chi connectivity index (χ3n) is 3.01. The van der Waals surface area contributed by atoms with Gasteiger partial charge in [-0.1, -0.05) is 46.0 Å². The van der Waals surface area contributed by atoms with Crippen molar-refractivity contribution in [2.75, 3.05) is 6.61 Å². The number of phosphoric ester groups is 1. The van der Waals surface area contributed by atoms with Crippen LogP contribution in [0.1, 0.15) is 61.3 Å². The summed E-state index contributed by atoms with van der Waals surface area (Å²) in [7, 11) is -4.49. The highest BCUT2D eigenvalue weighted by Gasteiger charge is 2.30. The van der Waals surface area contributed by atoms with Gasteiger partial charge in [-0.05, 0) is 50.3 Å². The topological polar surface area (TPSA) is 85.2 Å². The lowest BCUT2D eigenvalue weighted by atomic mass is 10.1. The molecular formula is C15H34O6P2S2. The lowest BCUT2D eigenvalue weighted by Gasteiger charge is -2.30. The average Bonchev–Trinajstić information content (AvgIpc) is 2.31. The van der Waals surface area contributed by atoms with Crippen molar-refractivity contribution in [3.05, 3.63) is 0 Å². The van der Waals surface area contributed by atoms with Gasteiger partial charge in [-0.25, -0.2) is 4.57 Å². The predicted molar refractivity (Wildman–Crippen MR) is 109 cm³/mol. The normalized spacial score (nSPS) is 19.0. The van der Waals surface area contributed by atoms with Crippen molar-refractivity contribution in [2.24, 2.45) is 11.8 Å². The molecule has 0 fully saturated rings. The molecule has 0 rings (SSSR count). The van der Waals surface area contributed by atoms with Crippen LogP contribution >= 0.6 is 24.9 Å². The van der Waals surface area contributed by atoms with E-state index in [2.05, 4.69) is 32.2 Å². The van der Waals surface area contributed by atoms with Gasteiger partial charge in [0.1, 0.15) is 0 Å². The molecular weight excluding hydrogens is 402 g/mol. The van der Waals surface area contributed by atoms with Gasteiger partial charge in [0, 0.05) is 5.25 Å². The standard InChI is InChI=1S/C15H34O6P2S2/c1-11(2)8-13(5)20-23(24,21-14(6)9-12(3)4)25-15(7)10-19-22(16,17)18/h11-15H,8-10H2,1-7H3,(H2,16,17,18). The molecule has 10 heteroatoms. The van der Waals surface area contributed by atoms with Crippen LogP contribution in [0.2, 0.25) is 0 Å². The van der Waals surface area contributed by atoms with E-state index in [1.165, 1.54) is 11.4 Å². The molecule has 0 aromatic carbocycles. The SMILES string of the molecule is CC(C)CC(C)OP(=S)(OC(C)CC(C)C)SC(C)COP(=O)(O)O. The molecule has 0 aromatic heterocycles. The molecule has 0 saturated carbocycles. The van der Waals surface area contributed by atoms with Gasteiger partial charge in [-0.2, -0.15) is 0 Å². The van der Waals surface area contributed by atoms with E-state index in [0.717, 1.165) is 12.8 Å². The molecule has 3 unspecified atom stereocenters. The van der Waals surface area contributed by atoms with Gasteiger partial charge in [-0.15, -0.1) is 0 Å². The maximum absolute atomic E-state index is 10.9. The highest BCUT2D eigenvalue weighted by molar-refractivity contribution is 8.68. The Balaban J connectivity index is 4.97. The Bertz CT molecular complexity index is 447. The maximum Gasteiger partial charge on any atom is 0.469 e. The molecule has 152 valence electrons. The second-order valence-electron chi connectivity index (χ2n) is 7.24. The molecule has 25 heavy (non-hydrogen) atoms. The third kappa shape index (κ3) is 14.7.